The summed E-state index contributed by atoms with van der Waals surface area (Å²) in [6.45, 7) is 0. The topological polar surface area (TPSA) is 72.6 Å². The largest absolute Gasteiger partial charge is 0.490 e. The molecule has 2 aromatic carbocycles. The van der Waals surface area contributed by atoms with Gasteiger partial charge in [0, 0.05) is 0 Å². The lowest BCUT2D eigenvalue weighted by Crippen LogP contribution is -2.26. The number of primary amides is 1. The van der Waals surface area contributed by atoms with Crippen LogP contribution in [0.5, 0.6) is 5.75 Å². The normalized spacial score (nSPS) is 22.1. The quantitative estimate of drug-likeness (QED) is 0.910. The van der Waals surface area contributed by atoms with Crippen LogP contribution in [0, 0.1) is 0 Å². The number of hydrogen-bond donors (Lipinski definition) is 2. The highest BCUT2D eigenvalue weighted by Gasteiger charge is 2.21. The van der Waals surface area contributed by atoms with E-state index in [0.29, 0.717) is 11.3 Å². The molecule has 21 heavy (non-hydrogen) atoms. The van der Waals surface area contributed by atoms with Crippen molar-refractivity contribution in [2.75, 3.05) is 0 Å². The second kappa shape index (κ2) is 5.74. The van der Waals surface area contributed by atoms with Crippen molar-refractivity contribution in [3.63, 3.8) is 0 Å². The predicted octanol–water partition coefficient (Wildman–Crippen LogP) is 2.62. The fourth-order valence-electron chi connectivity index (χ4n) is 2.91. The van der Waals surface area contributed by atoms with Gasteiger partial charge in [-0.25, -0.2) is 0 Å². The van der Waals surface area contributed by atoms with Crippen molar-refractivity contribution in [2.45, 2.75) is 37.9 Å². The van der Waals surface area contributed by atoms with Crippen molar-refractivity contribution >= 4 is 16.7 Å². The lowest BCUT2D eigenvalue weighted by molar-refractivity contribution is 0.0666. The van der Waals surface area contributed by atoms with Gasteiger partial charge in [-0.2, -0.15) is 0 Å². The van der Waals surface area contributed by atoms with E-state index >= 15 is 0 Å². The van der Waals surface area contributed by atoms with E-state index in [0.717, 1.165) is 36.5 Å². The molecule has 0 atom stereocenters. The van der Waals surface area contributed by atoms with Crippen LogP contribution in [0.15, 0.2) is 36.4 Å². The van der Waals surface area contributed by atoms with Gasteiger partial charge in [0.25, 0.3) is 0 Å². The number of nitrogens with two attached hydrogens (primary N) is 1. The number of carbonyl (C=O) groups is 1. The predicted molar refractivity (Wildman–Crippen MR) is 81.4 cm³/mol. The lowest BCUT2D eigenvalue weighted by Gasteiger charge is -2.26. The average molecular weight is 285 g/mol. The van der Waals surface area contributed by atoms with Crippen LogP contribution in [0.3, 0.4) is 0 Å². The summed E-state index contributed by atoms with van der Waals surface area (Å²) in [6.07, 6.45) is 3.08. The summed E-state index contributed by atoms with van der Waals surface area (Å²) >= 11 is 0. The fraction of sp³-hybridized carbons (Fsp3) is 0.353. The monoisotopic (exact) mass is 285 g/mol. The Bertz CT molecular complexity index is 660. The molecule has 0 spiro atoms. The third-order valence-electron chi connectivity index (χ3n) is 4.05. The van der Waals surface area contributed by atoms with Crippen molar-refractivity contribution in [1.82, 2.24) is 0 Å². The molecule has 3 rings (SSSR count). The summed E-state index contributed by atoms with van der Waals surface area (Å²) in [5.74, 6) is 0.222. The number of aliphatic hydroxyl groups excluding tert-OH is 1. The van der Waals surface area contributed by atoms with Crippen LogP contribution in [-0.4, -0.2) is 23.2 Å². The van der Waals surface area contributed by atoms with Gasteiger partial charge >= 0.3 is 0 Å². The van der Waals surface area contributed by atoms with Gasteiger partial charge in [0.05, 0.1) is 17.8 Å². The van der Waals surface area contributed by atoms with Crippen LogP contribution < -0.4 is 10.5 Å². The fourth-order valence-corrected chi connectivity index (χ4v) is 2.91. The molecule has 0 heterocycles. The van der Waals surface area contributed by atoms with Crippen LogP contribution in [0.2, 0.25) is 0 Å². The number of benzene rings is 2. The van der Waals surface area contributed by atoms with E-state index in [1.165, 1.54) is 0 Å². The molecule has 0 aliphatic heterocycles. The van der Waals surface area contributed by atoms with Crippen LogP contribution >= 0.6 is 0 Å². The zero-order chi connectivity index (χ0) is 14.8. The molecule has 3 N–H and O–H groups in total. The molecule has 0 saturated heterocycles. The average Bonchev–Trinajstić information content (AvgIpc) is 2.48. The summed E-state index contributed by atoms with van der Waals surface area (Å²) in [5.41, 5.74) is 5.96. The van der Waals surface area contributed by atoms with E-state index < -0.39 is 5.91 Å². The lowest BCUT2D eigenvalue weighted by atomic mass is 9.95. The Morgan fingerprint density at radius 1 is 1.14 bits per heavy atom. The van der Waals surface area contributed by atoms with Gasteiger partial charge in [-0.1, -0.05) is 24.3 Å². The number of rotatable bonds is 3. The molecule has 110 valence electrons. The Labute approximate surface area is 123 Å². The third-order valence-corrected chi connectivity index (χ3v) is 4.05. The molecule has 1 saturated carbocycles. The van der Waals surface area contributed by atoms with Crippen LogP contribution in [0.25, 0.3) is 10.8 Å². The number of aliphatic hydroxyl groups is 1. The number of hydrogen-bond acceptors (Lipinski definition) is 3. The van der Waals surface area contributed by atoms with Gasteiger partial charge < -0.3 is 15.6 Å². The van der Waals surface area contributed by atoms with Crippen molar-refractivity contribution in [3.8, 4) is 5.75 Å². The first-order chi connectivity index (χ1) is 10.1. The van der Waals surface area contributed by atoms with Crippen molar-refractivity contribution in [2.24, 2.45) is 5.73 Å². The Balaban J connectivity index is 1.90. The highest BCUT2D eigenvalue weighted by molar-refractivity contribution is 6.07. The molecule has 4 heteroatoms. The van der Waals surface area contributed by atoms with E-state index in [9.17, 15) is 9.90 Å². The van der Waals surface area contributed by atoms with E-state index in [4.69, 9.17) is 10.5 Å². The van der Waals surface area contributed by atoms with Crippen molar-refractivity contribution in [1.29, 1.82) is 0 Å². The smallest absolute Gasteiger partial charge is 0.249 e. The highest BCUT2D eigenvalue weighted by Crippen LogP contribution is 2.29. The molecule has 0 radical (unpaired) electrons. The molecule has 0 aromatic heterocycles. The summed E-state index contributed by atoms with van der Waals surface area (Å²) in [4.78, 5) is 11.6. The van der Waals surface area contributed by atoms with E-state index in [2.05, 4.69) is 0 Å². The first kappa shape index (κ1) is 13.9. The molecular weight excluding hydrogens is 266 g/mol. The van der Waals surface area contributed by atoms with E-state index in [1.807, 2.05) is 30.3 Å². The molecular formula is C17H19NO3. The van der Waals surface area contributed by atoms with Gasteiger partial charge in [-0.15, -0.1) is 0 Å². The molecule has 1 fully saturated rings. The Morgan fingerprint density at radius 2 is 1.86 bits per heavy atom. The third kappa shape index (κ3) is 3.00. The zero-order valence-corrected chi connectivity index (χ0v) is 11.8. The second-order valence-corrected chi connectivity index (χ2v) is 5.60. The standard InChI is InChI=1S/C17H19NO3/c18-17(20)16-10-14(9-11-3-1-2-4-15(11)16)21-13-7-5-12(19)6-8-13/h1-4,9-10,12-13,19H,5-8H2,(H2,18,20). The van der Waals surface area contributed by atoms with Crippen molar-refractivity contribution < 1.29 is 14.6 Å². The van der Waals surface area contributed by atoms with E-state index in [-0.39, 0.29) is 12.2 Å². The molecule has 1 aliphatic rings. The minimum atomic E-state index is -0.448. The highest BCUT2D eigenvalue weighted by atomic mass is 16.5. The SMILES string of the molecule is NC(=O)c1cc(OC2CCC(O)CC2)cc2ccccc12. The molecule has 0 bridgehead atoms. The summed E-state index contributed by atoms with van der Waals surface area (Å²) < 4.78 is 5.98. The van der Waals surface area contributed by atoms with Crippen LogP contribution in [0.1, 0.15) is 36.0 Å². The first-order valence-corrected chi connectivity index (χ1v) is 7.31. The maximum atomic E-state index is 11.6. The van der Waals surface area contributed by atoms with Gasteiger partial charge in [-0.3, -0.25) is 4.79 Å². The van der Waals surface area contributed by atoms with Gasteiger partial charge in [-0.05, 0) is 48.6 Å². The molecule has 4 nitrogen and oxygen atoms in total. The summed E-state index contributed by atoms with van der Waals surface area (Å²) in [7, 11) is 0. The molecule has 1 aliphatic carbocycles. The summed E-state index contributed by atoms with van der Waals surface area (Å²) in [5, 5.41) is 11.3. The van der Waals surface area contributed by atoms with Crippen molar-refractivity contribution in [3.05, 3.63) is 42.0 Å². The Kier molecular flexibility index (Phi) is 3.80. The van der Waals surface area contributed by atoms with Gasteiger partial charge in [0.1, 0.15) is 5.75 Å². The van der Waals surface area contributed by atoms with Crippen LogP contribution in [0.4, 0.5) is 0 Å². The Hall–Kier alpha value is -2.07. The summed E-state index contributed by atoms with van der Waals surface area (Å²) in [6, 6.07) is 11.3. The minimum Gasteiger partial charge on any atom is -0.490 e. The maximum Gasteiger partial charge on any atom is 0.249 e. The maximum absolute atomic E-state index is 11.6. The molecule has 0 unspecified atom stereocenters. The number of amides is 1. The zero-order valence-electron chi connectivity index (χ0n) is 11.8. The first-order valence-electron chi connectivity index (χ1n) is 7.31. The van der Waals surface area contributed by atoms with Crippen LogP contribution in [-0.2, 0) is 0 Å². The number of fused-ring (bicyclic) bond motifs is 1. The Morgan fingerprint density at radius 3 is 2.57 bits per heavy atom. The molecule has 2 aromatic rings. The minimum absolute atomic E-state index is 0.0929. The number of carbonyl (C=O) groups excluding carboxylic acids is 1. The van der Waals surface area contributed by atoms with E-state index in [1.54, 1.807) is 6.07 Å². The number of ether oxygens (including phenoxy) is 1. The molecule has 1 amide bonds. The van der Waals surface area contributed by atoms with Gasteiger partial charge in [0.15, 0.2) is 0 Å². The van der Waals surface area contributed by atoms with Gasteiger partial charge in [0.2, 0.25) is 5.91 Å². The second-order valence-electron chi connectivity index (χ2n) is 5.60.